The van der Waals surface area contributed by atoms with Gasteiger partial charge in [-0.2, -0.15) is 0 Å². The lowest BCUT2D eigenvalue weighted by molar-refractivity contribution is 0.306. The Bertz CT molecular complexity index is 660. The third-order valence-electron chi connectivity index (χ3n) is 3.18. The van der Waals surface area contributed by atoms with Crippen LogP contribution in [0.4, 0.5) is 0 Å². The van der Waals surface area contributed by atoms with Crippen molar-refractivity contribution in [3.63, 3.8) is 0 Å². The van der Waals surface area contributed by atoms with E-state index in [0.29, 0.717) is 6.61 Å². The normalized spacial score (nSPS) is 10.2. The summed E-state index contributed by atoms with van der Waals surface area (Å²) in [5.74, 6) is 0.867. The third kappa shape index (κ3) is 2.89. The number of benzene rings is 3. The standard InChI is InChI=1S/C19H15O/c1-3-9-16(10-4-1)19-14-8-7-11-17(19)15-20-18-12-5-2-6-13-18/h1,3-14H,15H2. The summed E-state index contributed by atoms with van der Waals surface area (Å²) in [6, 6.07) is 29.3. The summed E-state index contributed by atoms with van der Waals surface area (Å²) in [6.45, 7) is 0.565. The predicted octanol–water partition coefficient (Wildman–Crippen LogP) is 4.73. The Morgan fingerprint density at radius 3 is 2.25 bits per heavy atom. The topological polar surface area (TPSA) is 9.23 Å². The first-order valence-electron chi connectivity index (χ1n) is 6.66. The van der Waals surface area contributed by atoms with Gasteiger partial charge in [0.2, 0.25) is 0 Å². The second-order valence-corrected chi connectivity index (χ2v) is 4.55. The maximum Gasteiger partial charge on any atom is 0.119 e. The van der Waals surface area contributed by atoms with Gasteiger partial charge in [-0.25, -0.2) is 0 Å². The summed E-state index contributed by atoms with van der Waals surface area (Å²) in [5, 5.41) is 0. The van der Waals surface area contributed by atoms with E-state index in [1.807, 2.05) is 36.4 Å². The fourth-order valence-corrected chi connectivity index (χ4v) is 2.17. The molecule has 0 saturated carbocycles. The van der Waals surface area contributed by atoms with Crippen LogP contribution < -0.4 is 4.74 Å². The molecule has 0 atom stereocenters. The molecule has 1 heteroatoms. The van der Waals surface area contributed by atoms with Crippen LogP contribution >= 0.6 is 0 Å². The number of hydrogen-bond donors (Lipinski definition) is 0. The first-order chi connectivity index (χ1) is 9.93. The van der Waals surface area contributed by atoms with E-state index < -0.39 is 0 Å². The molecule has 0 saturated heterocycles. The van der Waals surface area contributed by atoms with E-state index in [0.717, 1.165) is 5.75 Å². The lowest BCUT2D eigenvalue weighted by Gasteiger charge is -2.11. The summed E-state index contributed by atoms with van der Waals surface area (Å²) in [7, 11) is 0. The Kier molecular flexibility index (Phi) is 3.79. The number of ether oxygens (including phenoxy) is 1. The van der Waals surface area contributed by atoms with Crippen LogP contribution in [-0.2, 0) is 6.61 Å². The van der Waals surface area contributed by atoms with Crippen molar-refractivity contribution in [1.82, 2.24) is 0 Å². The van der Waals surface area contributed by atoms with Crippen LogP contribution in [0.5, 0.6) is 5.75 Å². The zero-order valence-electron chi connectivity index (χ0n) is 11.1. The van der Waals surface area contributed by atoms with Gasteiger partial charge in [0.05, 0.1) is 0 Å². The maximum atomic E-state index is 5.83. The van der Waals surface area contributed by atoms with Crippen molar-refractivity contribution in [1.29, 1.82) is 0 Å². The van der Waals surface area contributed by atoms with E-state index in [2.05, 4.69) is 48.5 Å². The van der Waals surface area contributed by atoms with Gasteiger partial charge in [0, 0.05) is 0 Å². The fourth-order valence-electron chi connectivity index (χ4n) is 2.17. The summed E-state index contributed by atoms with van der Waals surface area (Å²) in [6.07, 6.45) is 0. The second-order valence-electron chi connectivity index (χ2n) is 4.55. The quantitative estimate of drug-likeness (QED) is 0.658. The van der Waals surface area contributed by atoms with E-state index >= 15 is 0 Å². The van der Waals surface area contributed by atoms with Gasteiger partial charge >= 0.3 is 0 Å². The molecule has 0 amide bonds. The van der Waals surface area contributed by atoms with E-state index in [1.165, 1.54) is 16.7 Å². The molecular weight excluding hydrogens is 244 g/mol. The van der Waals surface area contributed by atoms with Crippen molar-refractivity contribution in [2.45, 2.75) is 6.61 Å². The predicted molar refractivity (Wildman–Crippen MR) is 81.5 cm³/mol. The molecule has 0 aromatic heterocycles. The van der Waals surface area contributed by atoms with Crippen LogP contribution in [0, 0.1) is 6.07 Å². The van der Waals surface area contributed by atoms with E-state index in [-0.39, 0.29) is 0 Å². The lowest BCUT2D eigenvalue weighted by Crippen LogP contribution is -1.97. The van der Waals surface area contributed by atoms with Crippen molar-refractivity contribution >= 4 is 0 Å². The van der Waals surface area contributed by atoms with Gasteiger partial charge in [-0.1, -0.05) is 66.7 Å². The minimum Gasteiger partial charge on any atom is -0.489 e. The van der Waals surface area contributed by atoms with Gasteiger partial charge in [0.1, 0.15) is 12.4 Å². The Hall–Kier alpha value is -2.54. The van der Waals surface area contributed by atoms with Gasteiger partial charge < -0.3 is 4.74 Å². The van der Waals surface area contributed by atoms with Crippen LogP contribution in [0.2, 0.25) is 0 Å². The monoisotopic (exact) mass is 259 g/mol. The van der Waals surface area contributed by atoms with Crippen molar-refractivity contribution in [2.75, 3.05) is 0 Å². The molecule has 1 radical (unpaired) electrons. The summed E-state index contributed by atoms with van der Waals surface area (Å²) in [5.41, 5.74) is 3.62. The van der Waals surface area contributed by atoms with Crippen LogP contribution in [0.15, 0.2) is 78.9 Å². The summed E-state index contributed by atoms with van der Waals surface area (Å²) >= 11 is 0. The zero-order chi connectivity index (χ0) is 13.6. The molecule has 0 heterocycles. The van der Waals surface area contributed by atoms with Gasteiger partial charge in [0.25, 0.3) is 0 Å². The van der Waals surface area contributed by atoms with Crippen molar-refractivity contribution in [3.05, 3.63) is 90.5 Å². The summed E-state index contributed by atoms with van der Waals surface area (Å²) in [4.78, 5) is 0. The highest BCUT2D eigenvalue weighted by atomic mass is 16.5. The van der Waals surface area contributed by atoms with Gasteiger partial charge in [-0.3, -0.25) is 0 Å². The maximum absolute atomic E-state index is 5.83. The molecule has 20 heavy (non-hydrogen) atoms. The highest BCUT2D eigenvalue weighted by Gasteiger charge is 2.04. The Morgan fingerprint density at radius 2 is 1.45 bits per heavy atom. The van der Waals surface area contributed by atoms with E-state index in [1.54, 1.807) is 0 Å². The van der Waals surface area contributed by atoms with E-state index in [9.17, 15) is 0 Å². The Labute approximate surface area is 119 Å². The number of rotatable bonds is 4. The smallest absolute Gasteiger partial charge is 0.119 e. The summed E-state index contributed by atoms with van der Waals surface area (Å²) < 4.78 is 5.83. The lowest BCUT2D eigenvalue weighted by atomic mass is 10.0. The highest BCUT2D eigenvalue weighted by molar-refractivity contribution is 5.67. The van der Waals surface area contributed by atoms with Crippen LogP contribution in [0.25, 0.3) is 11.1 Å². The molecule has 3 aromatic carbocycles. The second kappa shape index (κ2) is 6.07. The molecule has 0 bridgehead atoms. The Balaban J connectivity index is 1.84. The molecule has 0 aliphatic heterocycles. The molecular formula is C19H15O. The number of hydrogen-bond acceptors (Lipinski definition) is 1. The fraction of sp³-hybridized carbons (Fsp3) is 0.0526. The van der Waals surface area contributed by atoms with Gasteiger partial charge in [-0.05, 0) is 34.9 Å². The molecule has 97 valence electrons. The Morgan fingerprint density at radius 1 is 0.750 bits per heavy atom. The van der Waals surface area contributed by atoms with E-state index in [4.69, 9.17) is 4.74 Å². The first kappa shape index (κ1) is 12.5. The zero-order valence-corrected chi connectivity index (χ0v) is 11.1. The van der Waals surface area contributed by atoms with Crippen LogP contribution in [-0.4, -0.2) is 0 Å². The molecule has 0 aliphatic carbocycles. The molecule has 0 spiro atoms. The highest BCUT2D eigenvalue weighted by Crippen LogP contribution is 2.24. The molecule has 3 aromatic rings. The molecule has 1 nitrogen and oxygen atoms in total. The molecule has 0 N–H and O–H groups in total. The van der Waals surface area contributed by atoms with Gasteiger partial charge in [-0.15, -0.1) is 0 Å². The average molecular weight is 259 g/mol. The average Bonchev–Trinajstić information content (AvgIpc) is 2.55. The molecule has 0 aliphatic rings. The minimum absolute atomic E-state index is 0.565. The largest absolute Gasteiger partial charge is 0.489 e. The minimum atomic E-state index is 0.565. The van der Waals surface area contributed by atoms with Gasteiger partial charge in [0.15, 0.2) is 0 Å². The first-order valence-corrected chi connectivity index (χ1v) is 6.66. The van der Waals surface area contributed by atoms with Crippen molar-refractivity contribution in [3.8, 4) is 16.9 Å². The third-order valence-corrected chi connectivity index (χ3v) is 3.18. The molecule has 3 rings (SSSR count). The molecule has 0 unspecified atom stereocenters. The van der Waals surface area contributed by atoms with Crippen molar-refractivity contribution < 1.29 is 4.74 Å². The van der Waals surface area contributed by atoms with Crippen molar-refractivity contribution in [2.24, 2.45) is 0 Å². The van der Waals surface area contributed by atoms with Crippen LogP contribution in [0.1, 0.15) is 5.56 Å². The SMILES string of the molecule is [c]1ccc(OCc2ccccc2-c2ccccc2)cc1. The molecule has 0 fully saturated rings. The van der Waals surface area contributed by atoms with Crippen LogP contribution in [0.3, 0.4) is 0 Å².